The number of quaternary nitrogens is 1. The van der Waals surface area contributed by atoms with Gasteiger partial charge in [-0.15, -0.1) is 0 Å². The number of aryl methyl sites for hydroxylation is 2. The van der Waals surface area contributed by atoms with Crippen LogP contribution in [0.4, 0.5) is 14.9 Å². The first-order valence-electron chi connectivity index (χ1n) is 11.0. The van der Waals surface area contributed by atoms with Gasteiger partial charge in [0.1, 0.15) is 11.4 Å². The van der Waals surface area contributed by atoms with Crippen molar-refractivity contribution in [3.63, 3.8) is 0 Å². The average Bonchev–Trinajstić information content (AvgIpc) is 3.33. The number of benzene rings is 2. The molecule has 5 rings (SSSR count). The molecule has 6 nitrogen and oxygen atoms in total. The standard InChI is InChI=1S/C24H27FN4O2/c1-24(19-6-5-17-3-2-4-18(17)15-19)22(30)29(23(31)26-24)16-27-11-13-28(14-12-27)21-9-7-20(25)8-10-21/h5-10,15H,2-4,11-14,16H2,1H3,(H,26,31)/p+1/t24-/m1/s1. The summed E-state index contributed by atoms with van der Waals surface area (Å²) in [4.78, 5) is 30.8. The van der Waals surface area contributed by atoms with Gasteiger partial charge < -0.3 is 15.1 Å². The summed E-state index contributed by atoms with van der Waals surface area (Å²) in [6.07, 6.45) is 3.27. The molecule has 0 bridgehead atoms. The van der Waals surface area contributed by atoms with Crippen molar-refractivity contribution >= 4 is 17.6 Å². The number of carbonyl (C=O) groups is 2. The van der Waals surface area contributed by atoms with Crippen molar-refractivity contribution < 1.29 is 18.9 Å². The van der Waals surface area contributed by atoms with Crippen LogP contribution >= 0.6 is 0 Å². The summed E-state index contributed by atoms with van der Waals surface area (Å²) in [7, 11) is 0. The van der Waals surface area contributed by atoms with E-state index in [4.69, 9.17) is 0 Å². The van der Waals surface area contributed by atoms with Gasteiger partial charge in [0, 0.05) is 5.69 Å². The number of hydrogen-bond donors (Lipinski definition) is 2. The maximum absolute atomic E-state index is 13.3. The Balaban J connectivity index is 1.25. The Kier molecular flexibility index (Phi) is 4.93. The number of imide groups is 1. The summed E-state index contributed by atoms with van der Waals surface area (Å²) >= 11 is 0. The summed E-state index contributed by atoms with van der Waals surface area (Å²) in [6.45, 7) is 5.39. The lowest BCUT2D eigenvalue weighted by Crippen LogP contribution is -3.16. The predicted octanol–water partition coefficient (Wildman–Crippen LogP) is 1.44. The Hall–Kier alpha value is -2.93. The van der Waals surface area contributed by atoms with E-state index in [1.807, 2.05) is 13.0 Å². The maximum Gasteiger partial charge on any atom is 0.329 e. The largest absolute Gasteiger partial charge is 0.360 e. The van der Waals surface area contributed by atoms with Crippen molar-refractivity contribution in [1.82, 2.24) is 10.2 Å². The number of nitrogens with one attached hydrogen (secondary N) is 2. The van der Waals surface area contributed by atoms with Crippen molar-refractivity contribution in [2.45, 2.75) is 31.7 Å². The topological polar surface area (TPSA) is 57.1 Å². The van der Waals surface area contributed by atoms with Crippen LogP contribution in [0.5, 0.6) is 0 Å². The zero-order valence-corrected chi connectivity index (χ0v) is 17.8. The Morgan fingerprint density at radius 3 is 2.48 bits per heavy atom. The lowest BCUT2D eigenvalue weighted by Gasteiger charge is -2.34. The van der Waals surface area contributed by atoms with Crippen molar-refractivity contribution in [3.8, 4) is 0 Å². The van der Waals surface area contributed by atoms with Crippen LogP contribution in [-0.2, 0) is 23.2 Å². The molecule has 31 heavy (non-hydrogen) atoms. The summed E-state index contributed by atoms with van der Waals surface area (Å²) in [5.41, 5.74) is 3.50. The van der Waals surface area contributed by atoms with Crippen LogP contribution < -0.4 is 15.1 Å². The molecule has 3 aliphatic rings. The molecule has 162 valence electrons. The molecule has 2 aromatic rings. The van der Waals surface area contributed by atoms with Crippen molar-refractivity contribution in [2.75, 3.05) is 37.7 Å². The number of hydrogen-bond acceptors (Lipinski definition) is 3. The highest BCUT2D eigenvalue weighted by molar-refractivity contribution is 6.07. The number of anilines is 1. The fourth-order valence-corrected chi connectivity index (χ4v) is 5.03. The van der Waals surface area contributed by atoms with E-state index in [2.05, 4.69) is 22.3 Å². The molecule has 0 unspecified atom stereocenters. The van der Waals surface area contributed by atoms with E-state index in [-0.39, 0.29) is 17.8 Å². The van der Waals surface area contributed by atoms with E-state index in [0.29, 0.717) is 6.67 Å². The molecule has 0 saturated carbocycles. The first-order valence-corrected chi connectivity index (χ1v) is 11.0. The normalized spacial score (nSPS) is 23.9. The number of urea groups is 1. The molecule has 2 saturated heterocycles. The third-order valence-corrected chi connectivity index (χ3v) is 6.99. The molecule has 0 spiro atoms. The van der Waals surface area contributed by atoms with Gasteiger partial charge in [-0.1, -0.05) is 18.2 Å². The minimum atomic E-state index is -1.01. The van der Waals surface area contributed by atoms with E-state index in [9.17, 15) is 14.0 Å². The van der Waals surface area contributed by atoms with Gasteiger partial charge >= 0.3 is 6.03 Å². The fourth-order valence-electron chi connectivity index (χ4n) is 5.03. The van der Waals surface area contributed by atoms with Gasteiger partial charge in [0.2, 0.25) is 0 Å². The maximum atomic E-state index is 13.3. The summed E-state index contributed by atoms with van der Waals surface area (Å²) in [5, 5.41) is 2.95. The molecule has 2 N–H and O–H groups in total. The zero-order valence-electron chi connectivity index (χ0n) is 17.8. The molecule has 3 amide bonds. The van der Waals surface area contributed by atoms with E-state index >= 15 is 0 Å². The second-order valence-electron chi connectivity index (χ2n) is 9.00. The molecule has 2 fully saturated rings. The molecular formula is C24H28FN4O2+. The molecule has 7 heteroatoms. The van der Waals surface area contributed by atoms with Gasteiger partial charge in [-0.3, -0.25) is 4.79 Å². The van der Waals surface area contributed by atoms with E-state index < -0.39 is 5.54 Å². The highest BCUT2D eigenvalue weighted by Gasteiger charge is 2.50. The van der Waals surface area contributed by atoms with Gasteiger partial charge in [-0.25, -0.2) is 14.1 Å². The summed E-state index contributed by atoms with van der Waals surface area (Å²) in [5.74, 6) is -0.415. The van der Waals surface area contributed by atoms with Gasteiger partial charge in [0.25, 0.3) is 5.91 Å². The van der Waals surface area contributed by atoms with Crippen molar-refractivity contribution in [3.05, 3.63) is 65.0 Å². The van der Waals surface area contributed by atoms with Crippen LogP contribution in [0.15, 0.2) is 42.5 Å². The van der Waals surface area contributed by atoms with Crippen molar-refractivity contribution in [2.24, 2.45) is 0 Å². The second kappa shape index (κ2) is 7.64. The van der Waals surface area contributed by atoms with Crippen LogP contribution in [-0.4, -0.2) is 49.7 Å². The number of fused-ring (bicyclic) bond motifs is 1. The number of rotatable bonds is 4. The Morgan fingerprint density at radius 2 is 1.74 bits per heavy atom. The molecular weight excluding hydrogens is 395 g/mol. The number of nitrogens with zero attached hydrogens (tertiary/aromatic N) is 2. The van der Waals surface area contributed by atoms with Gasteiger partial charge in [0.05, 0.1) is 26.2 Å². The van der Waals surface area contributed by atoms with E-state index in [0.717, 1.165) is 56.7 Å². The molecule has 2 aliphatic heterocycles. The van der Waals surface area contributed by atoms with Gasteiger partial charge in [0.15, 0.2) is 6.67 Å². The molecule has 2 aromatic carbocycles. The third-order valence-electron chi connectivity index (χ3n) is 6.99. The molecule has 0 aromatic heterocycles. The molecule has 0 radical (unpaired) electrons. The predicted molar refractivity (Wildman–Crippen MR) is 115 cm³/mol. The number of carbonyl (C=O) groups excluding carboxylic acids is 2. The third kappa shape index (κ3) is 3.57. The summed E-state index contributed by atoms with van der Waals surface area (Å²) < 4.78 is 13.2. The lowest BCUT2D eigenvalue weighted by atomic mass is 9.90. The second-order valence-corrected chi connectivity index (χ2v) is 9.00. The van der Waals surface area contributed by atoms with Crippen LogP contribution in [0.3, 0.4) is 0 Å². The minimum absolute atomic E-state index is 0.177. The highest BCUT2D eigenvalue weighted by Crippen LogP contribution is 2.32. The Labute approximate surface area is 181 Å². The monoisotopic (exact) mass is 423 g/mol. The highest BCUT2D eigenvalue weighted by atomic mass is 19.1. The van der Waals surface area contributed by atoms with Crippen LogP contribution in [0, 0.1) is 5.82 Å². The fraction of sp³-hybridized carbons (Fsp3) is 0.417. The van der Waals surface area contributed by atoms with Crippen LogP contribution in [0.2, 0.25) is 0 Å². The van der Waals surface area contributed by atoms with E-state index in [1.54, 1.807) is 12.1 Å². The zero-order chi connectivity index (χ0) is 21.6. The number of amides is 3. The SMILES string of the molecule is C[C@]1(c2ccc3c(c2)CCC3)NC(=O)N(C[NH+]2CCN(c3ccc(F)cc3)CC2)C1=O. The van der Waals surface area contributed by atoms with Crippen LogP contribution in [0.1, 0.15) is 30.0 Å². The van der Waals surface area contributed by atoms with Crippen LogP contribution in [0.25, 0.3) is 0 Å². The van der Waals surface area contributed by atoms with E-state index in [1.165, 1.54) is 33.1 Å². The minimum Gasteiger partial charge on any atom is -0.360 e. The lowest BCUT2D eigenvalue weighted by molar-refractivity contribution is -0.907. The smallest absolute Gasteiger partial charge is 0.329 e. The van der Waals surface area contributed by atoms with Crippen molar-refractivity contribution in [1.29, 1.82) is 0 Å². The summed E-state index contributed by atoms with van der Waals surface area (Å²) in [6, 6.07) is 12.4. The number of halogens is 1. The quantitative estimate of drug-likeness (QED) is 0.732. The first-order chi connectivity index (χ1) is 14.9. The Morgan fingerprint density at radius 1 is 1.03 bits per heavy atom. The van der Waals surface area contributed by atoms with Gasteiger partial charge in [-0.2, -0.15) is 0 Å². The Bertz CT molecular complexity index is 1020. The number of piperazine rings is 1. The molecule has 1 atom stereocenters. The average molecular weight is 424 g/mol. The molecule has 2 heterocycles. The van der Waals surface area contributed by atoms with Gasteiger partial charge in [-0.05, 0) is 67.1 Å². The first kappa shape index (κ1) is 20.0. The molecule has 1 aliphatic carbocycles.